The standard InChI is InChI=1S/C8H11N3/c1-8(2,3)11-7(6-10)4-5-9/h4,11H,1-3H3. The van der Waals surface area contributed by atoms with E-state index in [-0.39, 0.29) is 5.54 Å². The number of hydrogen-bond acceptors (Lipinski definition) is 3. The van der Waals surface area contributed by atoms with Crippen LogP contribution in [0.5, 0.6) is 0 Å². The van der Waals surface area contributed by atoms with Gasteiger partial charge in [-0.25, -0.2) is 0 Å². The summed E-state index contributed by atoms with van der Waals surface area (Å²) in [5.41, 5.74) is 0.137. The van der Waals surface area contributed by atoms with Gasteiger partial charge in [-0.2, -0.15) is 10.5 Å². The third-order valence-electron chi connectivity index (χ3n) is 0.839. The summed E-state index contributed by atoms with van der Waals surface area (Å²) in [6.45, 7) is 5.78. The Kier molecular flexibility index (Phi) is 3.14. The third-order valence-corrected chi connectivity index (χ3v) is 0.839. The maximum atomic E-state index is 8.49. The highest BCUT2D eigenvalue weighted by Crippen LogP contribution is 2.02. The second kappa shape index (κ2) is 3.63. The van der Waals surface area contributed by atoms with Crippen molar-refractivity contribution in [3.05, 3.63) is 11.8 Å². The Hall–Kier alpha value is -1.48. The molecule has 0 aliphatic rings. The van der Waals surface area contributed by atoms with Crippen LogP contribution in [0.1, 0.15) is 20.8 Å². The van der Waals surface area contributed by atoms with E-state index in [0.29, 0.717) is 5.70 Å². The molecule has 1 N–H and O–H groups in total. The molecule has 0 aliphatic heterocycles. The zero-order valence-electron chi connectivity index (χ0n) is 6.97. The molecule has 0 radical (unpaired) electrons. The smallest absolute Gasteiger partial charge is 0.124 e. The Morgan fingerprint density at radius 1 is 1.36 bits per heavy atom. The van der Waals surface area contributed by atoms with E-state index in [2.05, 4.69) is 5.32 Å². The molecule has 0 fully saturated rings. The van der Waals surface area contributed by atoms with Gasteiger partial charge in [0, 0.05) is 11.6 Å². The third kappa shape index (κ3) is 4.99. The molecule has 0 unspecified atom stereocenters. The van der Waals surface area contributed by atoms with Crippen LogP contribution in [0.3, 0.4) is 0 Å². The Morgan fingerprint density at radius 2 is 1.91 bits per heavy atom. The van der Waals surface area contributed by atoms with E-state index >= 15 is 0 Å². The summed E-state index contributed by atoms with van der Waals surface area (Å²) in [6.07, 6.45) is 1.20. The van der Waals surface area contributed by atoms with Crippen LogP contribution >= 0.6 is 0 Å². The van der Waals surface area contributed by atoms with E-state index in [4.69, 9.17) is 10.5 Å². The van der Waals surface area contributed by atoms with Gasteiger partial charge in [0.2, 0.25) is 0 Å². The quantitative estimate of drug-likeness (QED) is 0.572. The van der Waals surface area contributed by atoms with Gasteiger partial charge in [0.25, 0.3) is 0 Å². The van der Waals surface area contributed by atoms with Crippen LogP contribution in [0.15, 0.2) is 11.8 Å². The van der Waals surface area contributed by atoms with Crippen molar-refractivity contribution in [1.29, 1.82) is 10.5 Å². The highest BCUT2D eigenvalue weighted by molar-refractivity contribution is 5.25. The summed E-state index contributed by atoms with van der Waals surface area (Å²) in [4.78, 5) is 0. The van der Waals surface area contributed by atoms with Crippen LogP contribution < -0.4 is 5.32 Å². The van der Waals surface area contributed by atoms with Gasteiger partial charge >= 0.3 is 0 Å². The molecule has 0 heterocycles. The molecule has 0 saturated heterocycles. The zero-order valence-corrected chi connectivity index (χ0v) is 6.97. The van der Waals surface area contributed by atoms with Crippen LogP contribution in [0.4, 0.5) is 0 Å². The van der Waals surface area contributed by atoms with Crippen LogP contribution in [0.2, 0.25) is 0 Å². The Labute approximate surface area is 66.9 Å². The van der Waals surface area contributed by atoms with Crippen LogP contribution in [-0.2, 0) is 0 Å². The van der Waals surface area contributed by atoms with Crippen molar-refractivity contribution in [2.75, 3.05) is 0 Å². The molecule has 0 amide bonds. The van der Waals surface area contributed by atoms with Crippen molar-refractivity contribution in [3.8, 4) is 12.1 Å². The van der Waals surface area contributed by atoms with Crippen molar-refractivity contribution in [2.24, 2.45) is 0 Å². The predicted octanol–water partition coefficient (Wildman–Crippen LogP) is 1.31. The highest BCUT2D eigenvalue weighted by Gasteiger charge is 2.09. The van der Waals surface area contributed by atoms with Gasteiger partial charge in [0.05, 0.1) is 6.07 Å². The molecular weight excluding hydrogens is 138 g/mol. The topological polar surface area (TPSA) is 59.6 Å². The molecule has 58 valence electrons. The van der Waals surface area contributed by atoms with Gasteiger partial charge in [-0.15, -0.1) is 0 Å². The van der Waals surface area contributed by atoms with Gasteiger partial charge in [-0.1, -0.05) is 0 Å². The summed E-state index contributed by atoms with van der Waals surface area (Å²) in [5.74, 6) is 0. The van der Waals surface area contributed by atoms with E-state index in [1.807, 2.05) is 26.8 Å². The fourth-order valence-electron chi connectivity index (χ4n) is 0.565. The summed E-state index contributed by atoms with van der Waals surface area (Å²) < 4.78 is 0. The van der Waals surface area contributed by atoms with Crippen LogP contribution in [0.25, 0.3) is 0 Å². The van der Waals surface area contributed by atoms with E-state index in [1.54, 1.807) is 6.07 Å². The molecule has 0 atom stereocenters. The zero-order chi connectivity index (χ0) is 8.91. The van der Waals surface area contributed by atoms with Gasteiger partial charge in [0.15, 0.2) is 0 Å². The lowest BCUT2D eigenvalue weighted by Gasteiger charge is -2.20. The molecule has 0 saturated carbocycles. The fourth-order valence-corrected chi connectivity index (χ4v) is 0.565. The molecule has 0 aliphatic carbocycles. The molecular formula is C8H11N3. The minimum atomic E-state index is -0.168. The van der Waals surface area contributed by atoms with Crippen LogP contribution in [-0.4, -0.2) is 5.54 Å². The number of nitriles is 2. The normalized spacial score (nSPS) is 11.5. The van der Waals surface area contributed by atoms with Crippen molar-refractivity contribution in [1.82, 2.24) is 5.32 Å². The van der Waals surface area contributed by atoms with Gasteiger partial charge < -0.3 is 5.32 Å². The SMILES string of the molecule is CC(C)(C)NC(C#N)=CC#N. The minimum Gasteiger partial charge on any atom is -0.371 e. The second-order valence-corrected chi connectivity index (χ2v) is 3.17. The van der Waals surface area contributed by atoms with Crippen molar-refractivity contribution >= 4 is 0 Å². The number of allylic oxidation sites excluding steroid dienone is 2. The first-order chi connectivity index (χ1) is 4.99. The molecule has 0 aromatic rings. The lowest BCUT2D eigenvalue weighted by atomic mass is 10.1. The Morgan fingerprint density at radius 3 is 2.18 bits per heavy atom. The lowest BCUT2D eigenvalue weighted by Crippen LogP contribution is -2.34. The number of nitrogens with one attached hydrogen (secondary N) is 1. The Balaban J connectivity index is 4.28. The van der Waals surface area contributed by atoms with E-state index in [9.17, 15) is 0 Å². The monoisotopic (exact) mass is 149 g/mol. The first-order valence-corrected chi connectivity index (χ1v) is 3.27. The van der Waals surface area contributed by atoms with Gasteiger partial charge in [-0.3, -0.25) is 0 Å². The average Bonchev–Trinajstić information content (AvgIpc) is 1.84. The largest absolute Gasteiger partial charge is 0.371 e. The van der Waals surface area contributed by atoms with E-state index < -0.39 is 0 Å². The van der Waals surface area contributed by atoms with Gasteiger partial charge in [0.1, 0.15) is 11.8 Å². The summed E-state index contributed by atoms with van der Waals surface area (Å²) >= 11 is 0. The maximum Gasteiger partial charge on any atom is 0.124 e. The number of hydrogen-bond donors (Lipinski definition) is 1. The van der Waals surface area contributed by atoms with Crippen molar-refractivity contribution in [2.45, 2.75) is 26.3 Å². The summed E-state index contributed by atoms with van der Waals surface area (Å²) in [5, 5.41) is 19.6. The molecule has 3 heteroatoms. The van der Waals surface area contributed by atoms with Crippen molar-refractivity contribution in [3.63, 3.8) is 0 Å². The number of nitrogens with zero attached hydrogens (tertiary/aromatic N) is 2. The second-order valence-electron chi connectivity index (χ2n) is 3.17. The van der Waals surface area contributed by atoms with Gasteiger partial charge in [-0.05, 0) is 20.8 Å². The average molecular weight is 149 g/mol. The first kappa shape index (κ1) is 9.52. The minimum absolute atomic E-state index is 0.168. The molecule has 0 aromatic heterocycles. The molecule has 0 rings (SSSR count). The lowest BCUT2D eigenvalue weighted by molar-refractivity contribution is 0.481. The maximum absolute atomic E-state index is 8.49. The molecule has 0 bridgehead atoms. The summed E-state index contributed by atoms with van der Waals surface area (Å²) in [6, 6.07) is 3.68. The summed E-state index contributed by atoms with van der Waals surface area (Å²) in [7, 11) is 0. The molecule has 3 nitrogen and oxygen atoms in total. The molecule has 11 heavy (non-hydrogen) atoms. The first-order valence-electron chi connectivity index (χ1n) is 3.27. The predicted molar refractivity (Wildman–Crippen MR) is 42.2 cm³/mol. The molecule has 0 spiro atoms. The van der Waals surface area contributed by atoms with Crippen molar-refractivity contribution < 1.29 is 0 Å². The van der Waals surface area contributed by atoms with E-state index in [0.717, 1.165) is 0 Å². The highest BCUT2D eigenvalue weighted by atomic mass is 15.0. The molecule has 0 aromatic carbocycles. The van der Waals surface area contributed by atoms with Crippen LogP contribution in [0, 0.1) is 22.7 Å². The fraction of sp³-hybridized carbons (Fsp3) is 0.500. The Bertz CT molecular complexity index is 232. The van der Waals surface area contributed by atoms with E-state index in [1.165, 1.54) is 6.08 Å². The number of rotatable bonds is 1.